The summed E-state index contributed by atoms with van der Waals surface area (Å²) in [5, 5.41) is 6.56. The molecule has 0 bridgehead atoms. The Balaban J connectivity index is 0.000000184. The Labute approximate surface area is 369 Å². The van der Waals surface area contributed by atoms with Gasteiger partial charge in [0.2, 0.25) is 0 Å². The number of ether oxygens (including phenoxy) is 2. The minimum Gasteiger partial charge on any atom is -0.490 e. The Morgan fingerprint density at radius 2 is 1.05 bits per heavy atom. The molecule has 2 aliphatic heterocycles. The fourth-order valence-corrected chi connectivity index (χ4v) is 15.3. The highest BCUT2D eigenvalue weighted by molar-refractivity contribution is 7.92. The highest BCUT2D eigenvalue weighted by Crippen LogP contribution is 2.60. The predicted octanol–water partition coefficient (Wildman–Crippen LogP) is 10.1. The van der Waals surface area contributed by atoms with Crippen molar-refractivity contribution in [2.75, 3.05) is 40.4 Å². The zero-order valence-corrected chi connectivity index (χ0v) is 37.5. The van der Waals surface area contributed by atoms with Gasteiger partial charge in [-0.1, -0.05) is 34.8 Å². The van der Waals surface area contributed by atoms with Crippen molar-refractivity contribution in [1.29, 1.82) is 0 Å². The SMILES string of the molecule is CNCC[C@@H]1CC[C@@]2(S(=O)(=O)c3ccc(Cl)cc3)c3c(F)c(Cl)cc(F)c3OC[C@H]2C1.CNCC[C@@H]1CC[C@@]2(S(=O)(=O)c3ccc(Cl)cc3)c3c(F)ccc(F)c3OC[C@H]2C1. The Hall–Kier alpha value is -3.11. The molecule has 4 aromatic rings. The maximum absolute atomic E-state index is 15.4. The second-order valence-electron chi connectivity index (χ2n) is 16.4. The molecule has 0 aromatic heterocycles. The molecule has 0 radical (unpaired) electrons. The van der Waals surface area contributed by atoms with E-state index in [1.165, 1.54) is 48.5 Å². The Morgan fingerprint density at radius 3 is 1.51 bits per heavy atom. The molecule has 0 spiro atoms. The molecule has 17 heteroatoms. The van der Waals surface area contributed by atoms with Crippen LogP contribution in [0.15, 0.2) is 76.5 Å². The standard InChI is InChI=1S/C22H23Cl2F2NO3S.C22H24ClF2NO3S/c1-27-9-7-13-6-8-22(31(28,29)16-4-2-15(23)3-5-16)14(10-13)12-30-21-18(25)11-17(24)20(26)19(21)22;1-26-11-9-14-8-10-22(30(27,28)17-4-2-16(23)3-5-17)15(12-14)13-29-21-19(25)7-6-18(24)20(21)22/h2-5,11,13-14,27H,6-10,12H2,1H3;2-7,14-15,26H,8-13H2,1H3/t13-,14+,22-;14-,15+,22-/m00/s1. The van der Waals surface area contributed by atoms with Gasteiger partial charge in [0, 0.05) is 21.9 Å². The van der Waals surface area contributed by atoms with Crippen molar-refractivity contribution >= 4 is 54.5 Å². The van der Waals surface area contributed by atoms with Crippen molar-refractivity contribution in [3.05, 3.63) is 116 Å². The van der Waals surface area contributed by atoms with E-state index in [1.807, 2.05) is 14.1 Å². The lowest BCUT2D eigenvalue weighted by Gasteiger charge is -2.49. The summed E-state index contributed by atoms with van der Waals surface area (Å²) in [5.41, 5.74) is -0.448. The smallest absolute Gasteiger partial charge is 0.188 e. The van der Waals surface area contributed by atoms with Crippen LogP contribution in [-0.4, -0.2) is 57.2 Å². The third-order valence-corrected chi connectivity index (χ3v) is 19.1. The first kappa shape index (κ1) is 45.9. The summed E-state index contributed by atoms with van der Waals surface area (Å²) in [4.78, 5) is 0.0743. The molecular formula is C44H47Cl3F4N2O6S2. The number of rotatable bonds is 10. The van der Waals surface area contributed by atoms with Gasteiger partial charge in [-0.05, 0) is 157 Å². The molecule has 0 unspecified atom stereocenters. The predicted molar refractivity (Wildman–Crippen MR) is 228 cm³/mol. The molecule has 4 aromatic carbocycles. The number of hydrogen-bond donors (Lipinski definition) is 2. The number of benzene rings is 4. The molecule has 8 nitrogen and oxygen atoms in total. The van der Waals surface area contributed by atoms with Gasteiger partial charge in [-0.15, -0.1) is 0 Å². The van der Waals surface area contributed by atoms with E-state index in [0.717, 1.165) is 44.1 Å². The van der Waals surface area contributed by atoms with Gasteiger partial charge in [-0.25, -0.2) is 34.4 Å². The molecule has 6 atom stereocenters. The lowest BCUT2D eigenvalue weighted by Crippen LogP contribution is -2.52. The number of fused-ring (bicyclic) bond motifs is 6. The third kappa shape index (κ3) is 8.05. The molecule has 61 heavy (non-hydrogen) atoms. The average Bonchev–Trinajstić information content (AvgIpc) is 3.24. The summed E-state index contributed by atoms with van der Waals surface area (Å²) < 4.78 is 124. The van der Waals surface area contributed by atoms with Crippen LogP contribution in [0.5, 0.6) is 11.5 Å². The molecule has 8 rings (SSSR count). The molecular weight excluding hydrogens is 899 g/mol. The minimum absolute atomic E-state index is 0.00609. The maximum atomic E-state index is 15.4. The van der Waals surface area contributed by atoms with E-state index in [0.29, 0.717) is 35.7 Å². The van der Waals surface area contributed by atoms with Crippen LogP contribution in [0.25, 0.3) is 0 Å². The molecule has 2 saturated carbocycles. The van der Waals surface area contributed by atoms with Gasteiger partial charge < -0.3 is 20.1 Å². The van der Waals surface area contributed by atoms with Crippen LogP contribution in [0.3, 0.4) is 0 Å². The van der Waals surface area contributed by atoms with Crippen LogP contribution in [0.2, 0.25) is 15.1 Å². The quantitative estimate of drug-likeness (QED) is 0.120. The third-order valence-electron chi connectivity index (χ3n) is 13.1. The van der Waals surface area contributed by atoms with Gasteiger partial charge in [0.1, 0.15) is 15.3 Å². The first-order chi connectivity index (χ1) is 29.0. The van der Waals surface area contributed by atoms with Crippen LogP contribution >= 0.6 is 34.8 Å². The van der Waals surface area contributed by atoms with E-state index in [9.17, 15) is 25.6 Å². The second-order valence-corrected chi connectivity index (χ2v) is 22.1. The van der Waals surface area contributed by atoms with E-state index in [1.54, 1.807) is 0 Å². The summed E-state index contributed by atoms with van der Waals surface area (Å²) in [6, 6.07) is 14.4. The van der Waals surface area contributed by atoms with Gasteiger partial charge in [-0.3, -0.25) is 0 Å². The van der Waals surface area contributed by atoms with E-state index < -0.39 is 69.3 Å². The highest BCUT2D eigenvalue weighted by atomic mass is 35.5. The van der Waals surface area contributed by atoms with Gasteiger partial charge in [0.15, 0.2) is 48.6 Å². The van der Waals surface area contributed by atoms with Crippen molar-refractivity contribution < 1.29 is 43.9 Å². The first-order valence-electron chi connectivity index (χ1n) is 20.2. The summed E-state index contributed by atoms with van der Waals surface area (Å²) in [5.74, 6) is -4.39. The zero-order valence-electron chi connectivity index (χ0n) is 33.6. The fourth-order valence-electron chi connectivity index (χ4n) is 10.1. The van der Waals surface area contributed by atoms with Crippen LogP contribution in [0.1, 0.15) is 62.5 Å². The van der Waals surface area contributed by atoms with Crippen LogP contribution in [-0.2, 0) is 29.2 Å². The Bertz CT molecular complexity index is 2480. The maximum Gasteiger partial charge on any atom is 0.188 e. The first-order valence-corrected chi connectivity index (χ1v) is 24.3. The zero-order chi connectivity index (χ0) is 43.9. The van der Waals surface area contributed by atoms with Crippen LogP contribution in [0, 0.1) is 46.9 Å². The van der Waals surface area contributed by atoms with Crippen molar-refractivity contribution in [1.82, 2.24) is 10.6 Å². The van der Waals surface area contributed by atoms with E-state index in [-0.39, 0.29) is 70.3 Å². The summed E-state index contributed by atoms with van der Waals surface area (Å²) in [7, 11) is -4.46. The van der Waals surface area contributed by atoms with Gasteiger partial charge in [-0.2, -0.15) is 0 Å². The van der Waals surface area contributed by atoms with Crippen molar-refractivity contribution in [3.8, 4) is 11.5 Å². The van der Waals surface area contributed by atoms with Crippen molar-refractivity contribution in [2.45, 2.75) is 70.7 Å². The number of sulfone groups is 2. The lowest BCUT2D eigenvalue weighted by atomic mass is 9.68. The van der Waals surface area contributed by atoms with Gasteiger partial charge >= 0.3 is 0 Å². The Morgan fingerprint density at radius 1 is 0.623 bits per heavy atom. The topological polar surface area (TPSA) is 111 Å². The Kier molecular flexibility index (Phi) is 13.7. The molecule has 2 aliphatic carbocycles. The average molecular weight is 946 g/mol. The van der Waals surface area contributed by atoms with Crippen LogP contribution < -0.4 is 20.1 Å². The fraction of sp³-hybridized carbons (Fsp3) is 0.455. The molecule has 0 saturated heterocycles. The van der Waals surface area contributed by atoms with E-state index in [4.69, 9.17) is 44.3 Å². The van der Waals surface area contributed by atoms with E-state index >= 15 is 8.78 Å². The molecule has 330 valence electrons. The summed E-state index contributed by atoms with van der Waals surface area (Å²) >= 11 is 17.9. The van der Waals surface area contributed by atoms with Gasteiger partial charge in [0.25, 0.3) is 0 Å². The number of nitrogens with one attached hydrogen (secondary N) is 2. The van der Waals surface area contributed by atoms with Gasteiger partial charge in [0.05, 0.1) is 39.2 Å². The lowest BCUT2D eigenvalue weighted by molar-refractivity contribution is 0.0956. The number of halogens is 7. The van der Waals surface area contributed by atoms with Crippen molar-refractivity contribution in [3.63, 3.8) is 0 Å². The second kappa shape index (κ2) is 18.2. The number of hydrogen-bond acceptors (Lipinski definition) is 8. The summed E-state index contributed by atoms with van der Waals surface area (Å²) in [6.45, 7) is 1.64. The van der Waals surface area contributed by atoms with Crippen LogP contribution in [0.4, 0.5) is 17.6 Å². The highest BCUT2D eigenvalue weighted by Gasteiger charge is 2.61. The molecule has 0 amide bonds. The molecule has 2 N–H and O–H groups in total. The molecule has 2 heterocycles. The molecule has 2 fully saturated rings. The van der Waals surface area contributed by atoms with Crippen molar-refractivity contribution in [2.24, 2.45) is 23.7 Å². The normalized spacial score (nSPS) is 25.7. The minimum atomic E-state index is -4.13. The van der Waals surface area contributed by atoms with E-state index in [2.05, 4.69) is 10.6 Å². The summed E-state index contributed by atoms with van der Waals surface area (Å²) in [6.07, 6.45) is 4.41. The molecule has 4 aliphatic rings. The largest absolute Gasteiger partial charge is 0.490 e. The monoisotopic (exact) mass is 944 g/mol.